The Hall–Kier alpha value is -1.32. The molecule has 0 unspecified atom stereocenters. The SMILES string of the molecule is ClCc1nc2ccc(Br)cc2n1CCc1ccccc1. The Morgan fingerprint density at radius 2 is 1.90 bits per heavy atom. The number of nitrogens with zero attached hydrogens (tertiary/aromatic N) is 2. The lowest BCUT2D eigenvalue weighted by atomic mass is 10.1. The third kappa shape index (κ3) is 2.74. The van der Waals surface area contributed by atoms with Gasteiger partial charge in [-0.3, -0.25) is 0 Å². The Morgan fingerprint density at radius 1 is 1.10 bits per heavy atom. The van der Waals surface area contributed by atoms with Gasteiger partial charge in [0.05, 0.1) is 16.9 Å². The minimum absolute atomic E-state index is 0.432. The van der Waals surface area contributed by atoms with Gasteiger partial charge in [0.2, 0.25) is 0 Å². The summed E-state index contributed by atoms with van der Waals surface area (Å²) in [6, 6.07) is 16.6. The number of fused-ring (bicyclic) bond motifs is 1. The summed E-state index contributed by atoms with van der Waals surface area (Å²) >= 11 is 9.55. The zero-order valence-electron chi connectivity index (χ0n) is 10.9. The van der Waals surface area contributed by atoms with Gasteiger partial charge >= 0.3 is 0 Å². The predicted octanol–water partition coefficient (Wildman–Crippen LogP) is 4.78. The van der Waals surface area contributed by atoms with Crippen LogP contribution < -0.4 is 0 Å². The van der Waals surface area contributed by atoms with Crippen LogP contribution in [0.25, 0.3) is 11.0 Å². The Balaban J connectivity index is 1.95. The van der Waals surface area contributed by atoms with E-state index in [1.54, 1.807) is 0 Å². The highest BCUT2D eigenvalue weighted by Gasteiger charge is 2.10. The second-order valence-electron chi connectivity index (χ2n) is 4.68. The van der Waals surface area contributed by atoms with E-state index in [1.165, 1.54) is 5.56 Å². The lowest BCUT2D eigenvalue weighted by Gasteiger charge is -2.08. The van der Waals surface area contributed by atoms with E-state index in [1.807, 2.05) is 18.2 Å². The Bertz CT molecular complexity index is 722. The molecular formula is C16H14BrClN2. The summed E-state index contributed by atoms with van der Waals surface area (Å²) in [5.74, 6) is 1.36. The first kappa shape index (κ1) is 13.7. The molecular weight excluding hydrogens is 336 g/mol. The van der Waals surface area contributed by atoms with Crippen LogP contribution in [0.5, 0.6) is 0 Å². The van der Waals surface area contributed by atoms with Gasteiger partial charge in [-0.1, -0.05) is 46.3 Å². The van der Waals surface area contributed by atoms with Crippen molar-refractivity contribution in [2.45, 2.75) is 18.8 Å². The van der Waals surface area contributed by atoms with Gasteiger partial charge in [0.1, 0.15) is 5.82 Å². The maximum Gasteiger partial charge on any atom is 0.124 e. The van der Waals surface area contributed by atoms with Crippen molar-refractivity contribution in [3.8, 4) is 0 Å². The van der Waals surface area contributed by atoms with Crippen molar-refractivity contribution >= 4 is 38.6 Å². The van der Waals surface area contributed by atoms with Crippen LogP contribution in [0, 0.1) is 0 Å². The molecule has 0 bridgehead atoms. The highest BCUT2D eigenvalue weighted by Crippen LogP contribution is 2.22. The third-order valence-corrected chi connectivity index (χ3v) is 4.11. The second-order valence-corrected chi connectivity index (χ2v) is 5.86. The first-order valence-electron chi connectivity index (χ1n) is 6.52. The predicted molar refractivity (Wildman–Crippen MR) is 87.1 cm³/mol. The fourth-order valence-corrected chi connectivity index (χ4v) is 2.94. The van der Waals surface area contributed by atoms with E-state index in [9.17, 15) is 0 Å². The van der Waals surface area contributed by atoms with Crippen LogP contribution in [0.1, 0.15) is 11.4 Å². The number of imidazole rings is 1. The number of aromatic nitrogens is 2. The molecule has 3 aromatic rings. The quantitative estimate of drug-likeness (QED) is 0.620. The fourth-order valence-electron chi connectivity index (χ4n) is 2.38. The highest BCUT2D eigenvalue weighted by atomic mass is 79.9. The molecule has 0 saturated heterocycles. The highest BCUT2D eigenvalue weighted by molar-refractivity contribution is 9.10. The normalized spacial score (nSPS) is 11.1. The number of aryl methyl sites for hydroxylation is 2. The van der Waals surface area contributed by atoms with Crippen molar-refractivity contribution in [3.05, 3.63) is 64.4 Å². The summed E-state index contributed by atoms with van der Waals surface area (Å²) in [6.07, 6.45) is 0.975. The van der Waals surface area contributed by atoms with Gasteiger partial charge in [-0.2, -0.15) is 0 Å². The molecule has 1 heterocycles. The number of benzene rings is 2. The van der Waals surface area contributed by atoms with Gasteiger partial charge in [-0.25, -0.2) is 4.98 Å². The van der Waals surface area contributed by atoms with E-state index in [4.69, 9.17) is 11.6 Å². The molecule has 0 aliphatic rings. The van der Waals surface area contributed by atoms with Crippen molar-refractivity contribution in [1.29, 1.82) is 0 Å². The van der Waals surface area contributed by atoms with Crippen LogP contribution in [0.3, 0.4) is 0 Å². The molecule has 0 N–H and O–H groups in total. The van der Waals surface area contributed by atoms with Crippen LogP contribution in [0.2, 0.25) is 0 Å². The fraction of sp³-hybridized carbons (Fsp3) is 0.188. The average Bonchev–Trinajstić information content (AvgIpc) is 2.83. The van der Waals surface area contributed by atoms with E-state index in [0.717, 1.165) is 34.3 Å². The molecule has 0 aliphatic heterocycles. The molecule has 0 spiro atoms. The largest absolute Gasteiger partial charge is 0.327 e. The molecule has 1 aromatic heterocycles. The van der Waals surface area contributed by atoms with Crippen molar-refractivity contribution in [1.82, 2.24) is 9.55 Å². The van der Waals surface area contributed by atoms with E-state index in [0.29, 0.717) is 5.88 Å². The maximum atomic E-state index is 6.03. The van der Waals surface area contributed by atoms with Crippen molar-refractivity contribution < 1.29 is 0 Å². The number of rotatable bonds is 4. The van der Waals surface area contributed by atoms with Gasteiger partial charge < -0.3 is 4.57 Å². The minimum Gasteiger partial charge on any atom is -0.327 e. The Labute approximate surface area is 131 Å². The standard InChI is InChI=1S/C16H14BrClN2/c17-13-6-7-14-15(10-13)20(16(11-18)19-14)9-8-12-4-2-1-3-5-12/h1-7,10H,8-9,11H2. The topological polar surface area (TPSA) is 17.8 Å². The van der Waals surface area contributed by atoms with E-state index in [-0.39, 0.29) is 0 Å². The molecule has 0 atom stereocenters. The summed E-state index contributed by atoms with van der Waals surface area (Å²) in [4.78, 5) is 4.59. The molecule has 2 nitrogen and oxygen atoms in total. The van der Waals surface area contributed by atoms with Crippen LogP contribution >= 0.6 is 27.5 Å². The van der Waals surface area contributed by atoms with Gasteiger partial charge in [0.15, 0.2) is 0 Å². The molecule has 0 fully saturated rings. The molecule has 3 rings (SSSR count). The summed E-state index contributed by atoms with van der Waals surface area (Å²) in [6.45, 7) is 0.888. The van der Waals surface area contributed by atoms with E-state index < -0.39 is 0 Å². The molecule has 102 valence electrons. The van der Waals surface area contributed by atoms with Gasteiger partial charge in [0, 0.05) is 11.0 Å². The Morgan fingerprint density at radius 3 is 2.65 bits per heavy atom. The lowest BCUT2D eigenvalue weighted by molar-refractivity contribution is 0.688. The van der Waals surface area contributed by atoms with Crippen molar-refractivity contribution in [2.75, 3.05) is 0 Å². The molecule has 0 amide bonds. The van der Waals surface area contributed by atoms with Gasteiger partial charge in [-0.05, 0) is 30.2 Å². The maximum absolute atomic E-state index is 6.03. The minimum atomic E-state index is 0.432. The van der Waals surface area contributed by atoms with Crippen LogP contribution in [-0.4, -0.2) is 9.55 Å². The van der Waals surface area contributed by atoms with E-state index in [2.05, 4.69) is 55.8 Å². The Kier molecular flexibility index (Phi) is 4.08. The first-order chi connectivity index (χ1) is 9.78. The van der Waals surface area contributed by atoms with Crippen molar-refractivity contribution in [3.63, 3.8) is 0 Å². The summed E-state index contributed by atoms with van der Waals surface area (Å²) in [5.41, 5.74) is 3.45. The smallest absolute Gasteiger partial charge is 0.124 e. The number of hydrogen-bond donors (Lipinski definition) is 0. The summed E-state index contributed by atoms with van der Waals surface area (Å²) in [7, 11) is 0. The zero-order chi connectivity index (χ0) is 13.9. The molecule has 2 aromatic carbocycles. The molecule has 20 heavy (non-hydrogen) atoms. The molecule has 0 radical (unpaired) electrons. The number of halogens is 2. The van der Waals surface area contributed by atoms with E-state index >= 15 is 0 Å². The first-order valence-corrected chi connectivity index (χ1v) is 7.85. The summed E-state index contributed by atoms with van der Waals surface area (Å²) < 4.78 is 3.27. The average molecular weight is 350 g/mol. The van der Waals surface area contributed by atoms with Crippen LogP contribution in [0.15, 0.2) is 53.0 Å². The number of alkyl halides is 1. The summed E-state index contributed by atoms with van der Waals surface area (Å²) in [5, 5.41) is 0. The molecule has 4 heteroatoms. The van der Waals surface area contributed by atoms with Gasteiger partial charge in [-0.15, -0.1) is 11.6 Å². The van der Waals surface area contributed by atoms with Crippen molar-refractivity contribution in [2.24, 2.45) is 0 Å². The zero-order valence-corrected chi connectivity index (χ0v) is 13.2. The van der Waals surface area contributed by atoms with Crippen LogP contribution in [0.4, 0.5) is 0 Å². The molecule has 0 aliphatic carbocycles. The third-order valence-electron chi connectivity index (χ3n) is 3.38. The van der Waals surface area contributed by atoms with Crippen LogP contribution in [-0.2, 0) is 18.8 Å². The number of hydrogen-bond acceptors (Lipinski definition) is 1. The second kappa shape index (κ2) is 5.98. The molecule has 0 saturated carbocycles. The lowest BCUT2D eigenvalue weighted by Crippen LogP contribution is -2.05. The van der Waals surface area contributed by atoms with Gasteiger partial charge in [0.25, 0.3) is 0 Å². The monoisotopic (exact) mass is 348 g/mol.